The highest BCUT2D eigenvalue weighted by molar-refractivity contribution is 14.1. The van der Waals surface area contributed by atoms with Gasteiger partial charge in [-0.05, 0) is 0 Å². The highest BCUT2D eigenvalue weighted by atomic mass is 127. The van der Waals surface area contributed by atoms with Gasteiger partial charge in [0.2, 0.25) is 0 Å². The Kier molecular flexibility index (Phi) is 6.91. The maximum atomic E-state index is 10.3. The molecule has 2 saturated heterocycles. The van der Waals surface area contributed by atoms with Gasteiger partial charge < -0.3 is 39.7 Å². The van der Waals surface area contributed by atoms with E-state index < -0.39 is 52.6 Å². The second-order valence-electron chi connectivity index (χ2n) is 5.68. The lowest BCUT2D eigenvalue weighted by Gasteiger charge is -2.43. The molecule has 2 rings (SSSR count). The van der Waals surface area contributed by atoms with Gasteiger partial charge >= 0.3 is 0 Å². The largest absolute Gasteiger partial charge is 0.394 e. The number of hydrogen-bond donors (Lipinski definition) is 5. The zero-order valence-corrected chi connectivity index (χ0v) is 15.4. The highest BCUT2D eigenvalue weighted by Gasteiger charge is 2.57. The molecule has 0 spiro atoms. The van der Waals surface area contributed by atoms with Gasteiger partial charge in [-0.15, -0.1) is 11.6 Å². The maximum absolute atomic E-state index is 10.3. The molecule has 2 heterocycles. The summed E-state index contributed by atoms with van der Waals surface area (Å²) in [7, 11) is 0. The molecule has 9 atom stereocenters. The minimum absolute atomic E-state index is 0.0465. The van der Waals surface area contributed by atoms with Crippen molar-refractivity contribution in [2.75, 3.05) is 12.5 Å². The number of ether oxygens (including phenoxy) is 3. The van der Waals surface area contributed by atoms with Crippen LogP contribution in [0.15, 0.2) is 0 Å². The van der Waals surface area contributed by atoms with E-state index in [4.69, 9.17) is 25.8 Å². The van der Waals surface area contributed by atoms with Gasteiger partial charge in [0.1, 0.15) is 24.4 Å². The number of rotatable bonds is 5. The quantitative estimate of drug-likeness (QED) is 0.249. The molecular weight excluding hydrogens is 446 g/mol. The van der Waals surface area contributed by atoms with Gasteiger partial charge in [-0.25, -0.2) is 0 Å². The van der Waals surface area contributed by atoms with Crippen LogP contribution >= 0.6 is 34.2 Å². The Morgan fingerprint density at radius 1 is 1.13 bits per heavy atom. The molecule has 2 aliphatic heterocycles. The molecule has 0 aromatic rings. The summed E-state index contributed by atoms with van der Waals surface area (Å²) in [6.45, 7) is 1.30. The molecule has 23 heavy (non-hydrogen) atoms. The highest BCUT2D eigenvalue weighted by Crippen LogP contribution is 2.39. The topological polar surface area (TPSA) is 129 Å². The first-order valence-electron chi connectivity index (χ1n) is 7.35. The van der Waals surface area contributed by atoms with Crippen LogP contribution in [0.4, 0.5) is 0 Å². The molecule has 10 heteroatoms. The molecule has 0 aromatic heterocycles. The van der Waals surface area contributed by atoms with Gasteiger partial charge in [-0.3, -0.25) is 0 Å². The van der Waals surface area contributed by atoms with Crippen LogP contribution in [0.5, 0.6) is 0 Å². The summed E-state index contributed by atoms with van der Waals surface area (Å²) in [5.41, 5.74) is 0. The molecule has 8 nitrogen and oxygen atoms in total. The van der Waals surface area contributed by atoms with E-state index >= 15 is 0 Å². The van der Waals surface area contributed by atoms with E-state index in [0.717, 1.165) is 0 Å². The van der Waals surface area contributed by atoms with Crippen molar-refractivity contribution in [1.29, 1.82) is 0 Å². The minimum atomic E-state index is -1.62. The summed E-state index contributed by atoms with van der Waals surface area (Å²) in [5, 5.41) is 49.8. The standard InChI is InChI=1S/C13H22ClIO8/c1-2-13(11(20)8(17)5(3-14)22-13)23-12-10(19)9(18)7(15)6(4-16)21-12/h5-12,16-20H,2-4H2,1H3. The number of aliphatic hydroxyl groups is 5. The van der Waals surface area contributed by atoms with Gasteiger partial charge in [-0.1, -0.05) is 29.5 Å². The fourth-order valence-electron chi connectivity index (χ4n) is 2.79. The van der Waals surface area contributed by atoms with Crippen LogP contribution in [-0.2, 0) is 14.2 Å². The normalized spacial score (nSPS) is 51.1. The van der Waals surface area contributed by atoms with Crippen molar-refractivity contribution in [3.63, 3.8) is 0 Å². The molecule has 0 aliphatic carbocycles. The Morgan fingerprint density at radius 2 is 1.78 bits per heavy atom. The summed E-state index contributed by atoms with van der Waals surface area (Å²) < 4.78 is 16.1. The van der Waals surface area contributed by atoms with Crippen LogP contribution in [-0.4, -0.2) is 90.6 Å². The van der Waals surface area contributed by atoms with Crippen molar-refractivity contribution >= 4 is 34.2 Å². The summed E-state index contributed by atoms with van der Waals surface area (Å²) in [4.78, 5) is 0. The van der Waals surface area contributed by atoms with Gasteiger partial charge in [0, 0.05) is 6.42 Å². The molecule has 2 aliphatic rings. The van der Waals surface area contributed by atoms with Crippen LogP contribution in [0.25, 0.3) is 0 Å². The van der Waals surface area contributed by atoms with E-state index in [1.165, 1.54) is 0 Å². The average Bonchev–Trinajstić information content (AvgIpc) is 2.80. The number of halogens is 2. The lowest BCUT2D eigenvalue weighted by molar-refractivity contribution is -0.364. The number of alkyl halides is 2. The molecule has 0 saturated carbocycles. The SMILES string of the molecule is CCC1(OC2OC(CO)C(I)C(O)C2O)OC(CCl)C(O)C1O. The van der Waals surface area contributed by atoms with Crippen molar-refractivity contribution < 1.29 is 39.7 Å². The average molecular weight is 469 g/mol. The Hall–Kier alpha value is 0.700. The minimum Gasteiger partial charge on any atom is -0.394 e. The Morgan fingerprint density at radius 3 is 2.26 bits per heavy atom. The van der Waals surface area contributed by atoms with Crippen molar-refractivity contribution in [3.05, 3.63) is 0 Å². The second kappa shape index (κ2) is 7.94. The molecule has 2 fully saturated rings. The zero-order valence-electron chi connectivity index (χ0n) is 12.5. The first-order valence-corrected chi connectivity index (χ1v) is 9.13. The van der Waals surface area contributed by atoms with Crippen LogP contribution < -0.4 is 0 Å². The number of hydrogen-bond acceptors (Lipinski definition) is 8. The summed E-state index contributed by atoms with van der Waals surface area (Å²) >= 11 is 7.58. The third-order valence-electron chi connectivity index (χ3n) is 4.27. The van der Waals surface area contributed by atoms with E-state index in [-0.39, 0.29) is 18.9 Å². The van der Waals surface area contributed by atoms with Crippen molar-refractivity contribution in [3.8, 4) is 0 Å². The molecule has 9 unspecified atom stereocenters. The summed E-state index contributed by atoms with van der Waals surface area (Å²) in [6, 6.07) is 0. The van der Waals surface area contributed by atoms with E-state index in [9.17, 15) is 25.5 Å². The number of aliphatic hydroxyl groups excluding tert-OH is 5. The van der Waals surface area contributed by atoms with Crippen LogP contribution in [0.1, 0.15) is 13.3 Å². The smallest absolute Gasteiger partial charge is 0.200 e. The third-order valence-corrected chi connectivity index (χ3v) is 6.11. The lowest BCUT2D eigenvalue weighted by atomic mass is 10.0. The summed E-state index contributed by atoms with van der Waals surface area (Å²) in [5.74, 6) is -1.67. The van der Waals surface area contributed by atoms with E-state index in [2.05, 4.69) is 0 Å². The molecule has 0 radical (unpaired) electrons. The maximum Gasteiger partial charge on any atom is 0.200 e. The van der Waals surface area contributed by atoms with Crippen LogP contribution in [0.2, 0.25) is 0 Å². The summed E-state index contributed by atoms with van der Waals surface area (Å²) in [6.07, 6.45) is -7.98. The Labute approximate surface area is 152 Å². The first kappa shape index (κ1) is 20.0. The fourth-order valence-corrected chi connectivity index (χ4v) is 3.86. The molecule has 136 valence electrons. The second-order valence-corrected chi connectivity index (χ2v) is 7.43. The van der Waals surface area contributed by atoms with Gasteiger partial charge in [0.05, 0.1) is 28.6 Å². The Bertz CT molecular complexity index is 402. The Balaban J connectivity index is 2.18. The van der Waals surface area contributed by atoms with Gasteiger partial charge in [0.25, 0.3) is 0 Å². The van der Waals surface area contributed by atoms with Gasteiger partial charge in [-0.2, -0.15) is 0 Å². The van der Waals surface area contributed by atoms with Crippen molar-refractivity contribution in [2.45, 2.75) is 66.0 Å². The predicted molar refractivity (Wildman–Crippen MR) is 87.3 cm³/mol. The monoisotopic (exact) mass is 468 g/mol. The zero-order chi connectivity index (χ0) is 17.4. The predicted octanol–water partition coefficient (Wildman–Crippen LogP) is -1.29. The van der Waals surface area contributed by atoms with Crippen LogP contribution in [0.3, 0.4) is 0 Å². The molecule has 0 amide bonds. The fraction of sp³-hybridized carbons (Fsp3) is 1.00. The van der Waals surface area contributed by atoms with Crippen LogP contribution in [0, 0.1) is 0 Å². The van der Waals surface area contributed by atoms with E-state index in [0.29, 0.717) is 0 Å². The molecule has 0 aromatic carbocycles. The van der Waals surface area contributed by atoms with Crippen molar-refractivity contribution in [2.24, 2.45) is 0 Å². The van der Waals surface area contributed by atoms with E-state index in [1.807, 2.05) is 22.6 Å². The molecule has 5 N–H and O–H groups in total. The van der Waals surface area contributed by atoms with Gasteiger partial charge in [0.15, 0.2) is 12.1 Å². The molecular formula is C13H22ClIO8. The first-order chi connectivity index (χ1) is 10.8. The third kappa shape index (κ3) is 3.64. The van der Waals surface area contributed by atoms with E-state index in [1.54, 1.807) is 6.92 Å². The van der Waals surface area contributed by atoms with Crippen molar-refractivity contribution in [1.82, 2.24) is 0 Å². The lowest BCUT2D eigenvalue weighted by Crippen LogP contribution is -2.60. The molecule has 0 bridgehead atoms.